The zero-order chi connectivity index (χ0) is 20.1. The van der Waals surface area contributed by atoms with Crippen molar-refractivity contribution in [1.29, 1.82) is 0 Å². The van der Waals surface area contributed by atoms with Crippen LogP contribution in [0.4, 0.5) is 5.69 Å². The molecule has 0 aromatic heterocycles. The molecule has 148 valence electrons. The van der Waals surface area contributed by atoms with Gasteiger partial charge in [0.25, 0.3) is 5.91 Å². The van der Waals surface area contributed by atoms with E-state index in [1.807, 2.05) is 25.1 Å². The van der Waals surface area contributed by atoms with Crippen molar-refractivity contribution in [3.05, 3.63) is 66.1 Å². The number of ether oxygens (including phenoxy) is 2. The van der Waals surface area contributed by atoms with Crippen LogP contribution < -0.4 is 14.4 Å². The van der Waals surface area contributed by atoms with Crippen LogP contribution in [0.2, 0.25) is 0 Å². The van der Waals surface area contributed by atoms with Gasteiger partial charge in [-0.05, 0) is 56.3 Å². The molecule has 0 saturated heterocycles. The zero-order valence-corrected chi connectivity index (χ0v) is 16.6. The SMILES string of the molecule is CCOc1ccc(N(C(=O)[C@@H](C)Oc2ccccc2)[C@H]2C=CS(=O)(=O)C2)cc1. The maximum atomic E-state index is 13.2. The average molecular weight is 401 g/mol. The maximum absolute atomic E-state index is 13.2. The third-order valence-corrected chi connectivity index (χ3v) is 5.69. The monoisotopic (exact) mass is 401 g/mol. The number of para-hydroxylation sites is 1. The lowest BCUT2D eigenvalue weighted by Crippen LogP contribution is -2.47. The summed E-state index contributed by atoms with van der Waals surface area (Å²) in [6, 6.07) is 15.5. The molecule has 0 unspecified atom stereocenters. The Bertz CT molecular complexity index is 939. The Kier molecular flexibility index (Phi) is 6.04. The molecule has 0 fully saturated rings. The summed E-state index contributed by atoms with van der Waals surface area (Å²) >= 11 is 0. The molecule has 1 aliphatic rings. The minimum atomic E-state index is -3.32. The lowest BCUT2D eigenvalue weighted by molar-refractivity contribution is -0.124. The van der Waals surface area contributed by atoms with Crippen molar-refractivity contribution in [2.75, 3.05) is 17.3 Å². The largest absolute Gasteiger partial charge is 0.494 e. The zero-order valence-electron chi connectivity index (χ0n) is 15.8. The van der Waals surface area contributed by atoms with E-state index in [1.54, 1.807) is 49.4 Å². The molecule has 0 radical (unpaired) electrons. The fourth-order valence-corrected chi connectivity index (χ4v) is 4.29. The van der Waals surface area contributed by atoms with Gasteiger partial charge in [0.2, 0.25) is 0 Å². The fraction of sp³-hybridized carbons (Fsp3) is 0.286. The number of hydrogen-bond donors (Lipinski definition) is 0. The Morgan fingerprint density at radius 2 is 1.79 bits per heavy atom. The minimum absolute atomic E-state index is 0.149. The summed E-state index contributed by atoms with van der Waals surface area (Å²) in [6.07, 6.45) is 0.754. The van der Waals surface area contributed by atoms with Crippen LogP contribution in [0.25, 0.3) is 0 Å². The first kappa shape index (κ1) is 19.9. The summed E-state index contributed by atoms with van der Waals surface area (Å²) in [5.41, 5.74) is 0.587. The molecular formula is C21H23NO5S. The van der Waals surface area contributed by atoms with Gasteiger partial charge in [-0.2, -0.15) is 0 Å². The van der Waals surface area contributed by atoms with Gasteiger partial charge in [0.15, 0.2) is 15.9 Å². The van der Waals surface area contributed by atoms with Crippen LogP contribution in [0.1, 0.15) is 13.8 Å². The molecule has 1 heterocycles. The van der Waals surface area contributed by atoms with Gasteiger partial charge in [0, 0.05) is 11.1 Å². The van der Waals surface area contributed by atoms with E-state index in [-0.39, 0.29) is 11.7 Å². The lowest BCUT2D eigenvalue weighted by Gasteiger charge is -2.30. The van der Waals surface area contributed by atoms with Crippen LogP contribution >= 0.6 is 0 Å². The van der Waals surface area contributed by atoms with Crippen molar-refractivity contribution >= 4 is 21.4 Å². The van der Waals surface area contributed by atoms with Gasteiger partial charge in [-0.25, -0.2) is 8.42 Å². The third kappa shape index (κ3) is 4.72. The number of rotatable bonds is 7. The second-order valence-corrected chi connectivity index (χ2v) is 8.36. The number of amides is 1. The molecular weight excluding hydrogens is 378 g/mol. The second kappa shape index (κ2) is 8.48. The van der Waals surface area contributed by atoms with Gasteiger partial charge in [-0.15, -0.1) is 0 Å². The average Bonchev–Trinajstić information content (AvgIpc) is 3.03. The first-order chi connectivity index (χ1) is 13.4. The number of sulfone groups is 1. The highest BCUT2D eigenvalue weighted by molar-refractivity contribution is 7.94. The Hall–Kier alpha value is -2.80. The van der Waals surface area contributed by atoms with Crippen LogP contribution in [0.5, 0.6) is 11.5 Å². The van der Waals surface area contributed by atoms with Gasteiger partial charge >= 0.3 is 0 Å². The molecule has 6 nitrogen and oxygen atoms in total. The van der Waals surface area contributed by atoms with Crippen molar-refractivity contribution in [3.63, 3.8) is 0 Å². The van der Waals surface area contributed by atoms with E-state index >= 15 is 0 Å². The van der Waals surface area contributed by atoms with Gasteiger partial charge in [0.05, 0.1) is 18.4 Å². The number of benzene rings is 2. The molecule has 2 aromatic rings. The Morgan fingerprint density at radius 1 is 1.11 bits per heavy atom. The Labute approximate surface area is 165 Å². The predicted octanol–water partition coefficient (Wildman–Crippen LogP) is 3.20. The molecule has 1 amide bonds. The van der Waals surface area contributed by atoms with E-state index in [1.165, 1.54) is 4.90 Å². The molecule has 7 heteroatoms. The molecule has 28 heavy (non-hydrogen) atoms. The quantitative estimate of drug-likeness (QED) is 0.712. The van der Waals surface area contributed by atoms with E-state index in [0.717, 1.165) is 5.41 Å². The van der Waals surface area contributed by atoms with Gasteiger partial charge in [-0.1, -0.05) is 18.2 Å². The fourth-order valence-electron chi connectivity index (χ4n) is 3.02. The summed E-state index contributed by atoms with van der Waals surface area (Å²) in [5.74, 6) is 0.787. The van der Waals surface area contributed by atoms with Crippen molar-refractivity contribution in [3.8, 4) is 11.5 Å². The van der Waals surface area contributed by atoms with Crippen molar-refractivity contribution in [1.82, 2.24) is 0 Å². The van der Waals surface area contributed by atoms with E-state index in [2.05, 4.69) is 0 Å². The van der Waals surface area contributed by atoms with Crippen LogP contribution in [-0.4, -0.2) is 38.8 Å². The van der Waals surface area contributed by atoms with E-state index in [9.17, 15) is 13.2 Å². The summed E-state index contributed by atoms with van der Waals surface area (Å²) < 4.78 is 35.1. The molecule has 0 bridgehead atoms. The lowest BCUT2D eigenvalue weighted by atomic mass is 10.1. The van der Waals surface area contributed by atoms with Gasteiger partial charge in [-0.3, -0.25) is 4.79 Å². The molecule has 0 aliphatic carbocycles. The number of carbonyl (C=O) groups is 1. The Balaban J connectivity index is 1.87. The van der Waals surface area contributed by atoms with Crippen LogP contribution in [0.3, 0.4) is 0 Å². The number of anilines is 1. The molecule has 0 spiro atoms. The van der Waals surface area contributed by atoms with Crippen LogP contribution in [-0.2, 0) is 14.6 Å². The van der Waals surface area contributed by atoms with E-state index in [4.69, 9.17) is 9.47 Å². The van der Waals surface area contributed by atoms with Gasteiger partial charge in [0.1, 0.15) is 11.5 Å². The third-order valence-electron chi connectivity index (χ3n) is 4.31. The van der Waals surface area contributed by atoms with Gasteiger partial charge < -0.3 is 14.4 Å². The Morgan fingerprint density at radius 3 is 2.36 bits per heavy atom. The number of nitrogens with zero attached hydrogens (tertiary/aromatic N) is 1. The molecule has 2 atom stereocenters. The van der Waals surface area contributed by atoms with E-state index in [0.29, 0.717) is 23.8 Å². The van der Waals surface area contributed by atoms with Crippen molar-refractivity contribution in [2.24, 2.45) is 0 Å². The minimum Gasteiger partial charge on any atom is -0.494 e. The predicted molar refractivity (Wildman–Crippen MR) is 108 cm³/mol. The molecule has 1 aliphatic heterocycles. The van der Waals surface area contributed by atoms with E-state index < -0.39 is 22.0 Å². The first-order valence-corrected chi connectivity index (χ1v) is 10.8. The van der Waals surface area contributed by atoms with Crippen LogP contribution in [0, 0.1) is 0 Å². The molecule has 3 rings (SSSR count). The maximum Gasteiger partial charge on any atom is 0.268 e. The van der Waals surface area contributed by atoms with Crippen molar-refractivity contribution < 1.29 is 22.7 Å². The number of carbonyl (C=O) groups excluding carboxylic acids is 1. The van der Waals surface area contributed by atoms with Crippen molar-refractivity contribution in [2.45, 2.75) is 26.0 Å². The second-order valence-electron chi connectivity index (χ2n) is 6.43. The number of hydrogen-bond acceptors (Lipinski definition) is 5. The molecule has 0 saturated carbocycles. The molecule has 0 N–H and O–H groups in total. The topological polar surface area (TPSA) is 72.9 Å². The highest BCUT2D eigenvalue weighted by atomic mass is 32.2. The first-order valence-electron chi connectivity index (χ1n) is 9.08. The normalized spacial score (nSPS) is 18.4. The standard InChI is InChI=1S/C21H23NO5S/c1-3-26-19-11-9-17(10-12-19)22(18-13-14-28(24,25)15-18)21(23)16(2)27-20-7-5-4-6-8-20/h4-14,16,18H,3,15H2,1-2H3/t16-,18+/m1/s1. The summed E-state index contributed by atoms with van der Waals surface area (Å²) in [7, 11) is -3.32. The summed E-state index contributed by atoms with van der Waals surface area (Å²) in [6.45, 7) is 4.08. The van der Waals surface area contributed by atoms with Crippen LogP contribution in [0.15, 0.2) is 66.1 Å². The smallest absolute Gasteiger partial charge is 0.268 e. The summed E-state index contributed by atoms with van der Waals surface area (Å²) in [4.78, 5) is 14.7. The highest BCUT2D eigenvalue weighted by Gasteiger charge is 2.34. The molecule has 2 aromatic carbocycles. The summed E-state index contributed by atoms with van der Waals surface area (Å²) in [5, 5.41) is 1.16. The highest BCUT2D eigenvalue weighted by Crippen LogP contribution is 2.26.